The van der Waals surface area contributed by atoms with Crippen LogP contribution in [0.5, 0.6) is 0 Å². The highest BCUT2D eigenvalue weighted by Gasteiger charge is 2.08. The van der Waals surface area contributed by atoms with Gasteiger partial charge in [-0.05, 0) is 18.6 Å². The summed E-state index contributed by atoms with van der Waals surface area (Å²) in [5.41, 5.74) is 0.844. The Morgan fingerprint density at radius 2 is 2.06 bits per heavy atom. The van der Waals surface area contributed by atoms with Crippen LogP contribution in [0.15, 0.2) is 24.3 Å². The Bertz CT molecular complexity index is 371. The standard InChI is InChI=1S/C14H19ClN2/c1-2-3-4-5-8-12(11-16)17-14-10-7-6-9-13(14)15/h6-7,9-10,12,17H,2-5,8H2,1H3. The summed E-state index contributed by atoms with van der Waals surface area (Å²) in [6, 6.07) is 9.67. The first-order chi connectivity index (χ1) is 8.27. The fourth-order valence-electron chi connectivity index (χ4n) is 1.71. The quantitative estimate of drug-likeness (QED) is 0.717. The number of hydrogen-bond donors (Lipinski definition) is 1. The van der Waals surface area contributed by atoms with Crippen LogP contribution in [0.3, 0.4) is 0 Å². The van der Waals surface area contributed by atoms with Crippen LogP contribution in [0, 0.1) is 11.3 Å². The van der Waals surface area contributed by atoms with Crippen molar-refractivity contribution in [3.63, 3.8) is 0 Å². The monoisotopic (exact) mass is 250 g/mol. The maximum absolute atomic E-state index is 9.08. The molecule has 1 aromatic carbocycles. The Balaban J connectivity index is 2.42. The minimum atomic E-state index is -0.147. The molecule has 1 unspecified atom stereocenters. The van der Waals surface area contributed by atoms with Crippen molar-refractivity contribution in [3.8, 4) is 6.07 Å². The number of benzene rings is 1. The van der Waals surface area contributed by atoms with Crippen molar-refractivity contribution in [2.24, 2.45) is 0 Å². The fourth-order valence-corrected chi connectivity index (χ4v) is 1.90. The summed E-state index contributed by atoms with van der Waals surface area (Å²) in [7, 11) is 0. The van der Waals surface area contributed by atoms with E-state index in [1.807, 2.05) is 24.3 Å². The van der Waals surface area contributed by atoms with Gasteiger partial charge in [0.2, 0.25) is 0 Å². The van der Waals surface area contributed by atoms with Crippen molar-refractivity contribution < 1.29 is 0 Å². The van der Waals surface area contributed by atoms with Crippen LogP contribution in [-0.4, -0.2) is 6.04 Å². The van der Waals surface area contributed by atoms with Crippen LogP contribution in [-0.2, 0) is 0 Å². The molecule has 3 heteroatoms. The number of halogens is 1. The van der Waals surface area contributed by atoms with Gasteiger partial charge in [0.05, 0.1) is 16.8 Å². The zero-order valence-corrected chi connectivity index (χ0v) is 11.0. The van der Waals surface area contributed by atoms with E-state index in [4.69, 9.17) is 16.9 Å². The number of unbranched alkanes of at least 4 members (excludes halogenated alkanes) is 3. The van der Waals surface area contributed by atoms with Gasteiger partial charge in [0.15, 0.2) is 0 Å². The molecule has 0 fully saturated rings. The molecule has 0 heterocycles. The average Bonchev–Trinajstić information content (AvgIpc) is 2.35. The highest BCUT2D eigenvalue weighted by Crippen LogP contribution is 2.22. The van der Waals surface area contributed by atoms with Crippen molar-refractivity contribution in [1.82, 2.24) is 0 Å². The van der Waals surface area contributed by atoms with Crippen molar-refractivity contribution in [2.75, 3.05) is 5.32 Å². The van der Waals surface area contributed by atoms with Crippen LogP contribution >= 0.6 is 11.6 Å². The van der Waals surface area contributed by atoms with E-state index >= 15 is 0 Å². The van der Waals surface area contributed by atoms with E-state index in [-0.39, 0.29) is 6.04 Å². The molecule has 1 atom stereocenters. The van der Waals surface area contributed by atoms with E-state index in [1.54, 1.807) is 0 Å². The molecule has 0 aromatic heterocycles. The minimum Gasteiger partial charge on any atom is -0.369 e. The lowest BCUT2D eigenvalue weighted by Crippen LogP contribution is -2.17. The van der Waals surface area contributed by atoms with Gasteiger partial charge in [0.1, 0.15) is 6.04 Å². The van der Waals surface area contributed by atoms with E-state index < -0.39 is 0 Å². The average molecular weight is 251 g/mol. The van der Waals surface area contributed by atoms with Gasteiger partial charge < -0.3 is 5.32 Å². The lowest BCUT2D eigenvalue weighted by Gasteiger charge is -2.13. The van der Waals surface area contributed by atoms with Crippen LogP contribution in [0.1, 0.15) is 39.0 Å². The molecule has 92 valence electrons. The molecule has 17 heavy (non-hydrogen) atoms. The van der Waals surface area contributed by atoms with Gasteiger partial charge in [-0.15, -0.1) is 0 Å². The summed E-state index contributed by atoms with van der Waals surface area (Å²) in [6.07, 6.45) is 5.61. The molecule has 1 aromatic rings. The number of hydrogen-bond acceptors (Lipinski definition) is 2. The van der Waals surface area contributed by atoms with Crippen molar-refractivity contribution in [3.05, 3.63) is 29.3 Å². The van der Waals surface area contributed by atoms with Crippen LogP contribution in [0.25, 0.3) is 0 Å². The topological polar surface area (TPSA) is 35.8 Å². The second-order valence-electron chi connectivity index (χ2n) is 4.16. The molecule has 2 nitrogen and oxygen atoms in total. The molecular formula is C14H19ClN2. The SMILES string of the molecule is CCCCCCC(C#N)Nc1ccccc1Cl. The third kappa shape index (κ3) is 5.10. The van der Waals surface area contributed by atoms with Crippen molar-refractivity contribution >= 4 is 17.3 Å². The van der Waals surface area contributed by atoms with Gasteiger partial charge in [-0.3, -0.25) is 0 Å². The number of nitrogens with one attached hydrogen (secondary N) is 1. The molecule has 0 aliphatic heterocycles. The minimum absolute atomic E-state index is 0.147. The molecule has 1 N–H and O–H groups in total. The first kappa shape index (κ1) is 13.9. The summed E-state index contributed by atoms with van der Waals surface area (Å²) in [6.45, 7) is 2.18. The maximum atomic E-state index is 9.08. The van der Waals surface area contributed by atoms with Crippen molar-refractivity contribution in [1.29, 1.82) is 5.26 Å². The molecule has 0 aliphatic rings. The third-order valence-corrected chi connectivity index (χ3v) is 3.04. The Hall–Kier alpha value is -1.20. The zero-order chi connectivity index (χ0) is 12.5. The highest BCUT2D eigenvalue weighted by molar-refractivity contribution is 6.33. The number of para-hydroxylation sites is 1. The van der Waals surface area contributed by atoms with Gasteiger partial charge in [0.25, 0.3) is 0 Å². The molecule has 0 bridgehead atoms. The maximum Gasteiger partial charge on any atom is 0.114 e. The van der Waals surface area contributed by atoms with Crippen LogP contribution in [0.4, 0.5) is 5.69 Å². The van der Waals surface area contributed by atoms with Gasteiger partial charge in [-0.1, -0.05) is 56.3 Å². The molecule has 0 saturated carbocycles. The summed E-state index contributed by atoms with van der Waals surface area (Å²) in [5, 5.41) is 12.9. The first-order valence-corrected chi connectivity index (χ1v) is 6.56. The molecule has 0 saturated heterocycles. The fraction of sp³-hybridized carbons (Fsp3) is 0.500. The normalized spacial score (nSPS) is 11.8. The predicted octanol–water partition coefficient (Wildman–Crippen LogP) is 4.61. The zero-order valence-electron chi connectivity index (χ0n) is 10.2. The van der Waals surface area contributed by atoms with E-state index in [9.17, 15) is 0 Å². The number of nitriles is 1. The Morgan fingerprint density at radius 1 is 1.29 bits per heavy atom. The van der Waals surface area contributed by atoms with Gasteiger partial charge in [-0.2, -0.15) is 5.26 Å². The molecule has 0 spiro atoms. The van der Waals surface area contributed by atoms with E-state index in [1.165, 1.54) is 19.3 Å². The Kier molecular flexibility index (Phi) is 6.50. The summed E-state index contributed by atoms with van der Waals surface area (Å²) < 4.78 is 0. The van der Waals surface area contributed by atoms with Gasteiger partial charge in [0, 0.05) is 0 Å². The Labute approximate surface area is 109 Å². The predicted molar refractivity (Wildman–Crippen MR) is 73.2 cm³/mol. The smallest absolute Gasteiger partial charge is 0.114 e. The second kappa shape index (κ2) is 7.97. The first-order valence-electron chi connectivity index (χ1n) is 6.18. The summed E-state index contributed by atoms with van der Waals surface area (Å²) in [4.78, 5) is 0. The molecule has 0 radical (unpaired) electrons. The highest BCUT2D eigenvalue weighted by atomic mass is 35.5. The van der Waals surface area contributed by atoms with Crippen LogP contribution in [0.2, 0.25) is 5.02 Å². The lowest BCUT2D eigenvalue weighted by atomic mass is 10.1. The van der Waals surface area contributed by atoms with E-state index in [0.29, 0.717) is 5.02 Å². The van der Waals surface area contributed by atoms with Crippen LogP contribution < -0.4 is 5.32 Å². The number of rotatable bonds is 7. The number of nitrogens with zero attached hydrogens (tertiary/aromatic N) is 1. The summed E-state index contributed by atoms with van der Waals surface area (Å²) >= 11 is 6.04. The Morgan fingerprint density at radius 3 is 2.71 bits per heavy atom. The molecule has 0 aliphatic carbocycles. The van der Waals surface area contributed by atoms with Gasteiger partial charge >= 0.3 is 0 Å². The van der Waals surface area contributed by atoms with E-state index in [0.717, 1.165) is 18.5 Å². The molecular weight excluding hydrogens is 232 g/mol. The third-order valence-electron chi connectivity index (χ3n) is 2.71. The lowest BCUT2D eigenvalue weighted by molar-refractivity contribution is 0.618. The largest absolute Gasteiger partial charge is 0.369 e. The number of anilines is 1. The van der Waals surface area contributed by atoms with Gasteiger partial charge in [-0.25, -0.2) is 0 Å². The van der Waals surface area contributed by atoms with E-state index in [2.05, 4.69) is 18.3 Å². The molecule has 1 rings (SSSR count). The summed E-state index contributed by atoms with van der Waals surface area (Å²) in [5.74, 6) is 0. The molecule has 0 amide bonds. The second-order valence-corrected chi connectivity index (χ2v) is 4.56. The van der Waals surface area contributed by atoms with Crippen molar-refractivity contribution in [2.45, 2.75) is 45.1 Å².